The first-order valence-corrected chi connectivity index (χ1v) is 5.99. The summed E-state index contributed by atoms with van der Waals surface area (Å²) in [6, 6.07) is 11.0. The molecule has 1 aromatic rings. The first kappa shape index (κ1) is 11.6. The van der Waals surface area contributed by atoms with E-state index in [0.717, 1.165) is 32.6 Å². The third-order valence-corrected chi connectivity index (χ3v) is 3.16. The monoisotopic (exact) mass is 220 g/mol. The standard InChI is InChI=1S/C13H20N2O/c16-9-6-13-10-14-7-8-15(13)11-12-4-2-1-3-5-12/h1-5,13-14,16H,6-11H2/t13-/m0/s1. The van der Waals surface area contributed by atoms with Crippen molar-refractivity contribution < 1.29 is 5.11 Å². The predicted octanol–water partition coefficient (Wildman–Crippen LogP) is 0.843. The van der Waals surface area contributed by atoms with Gasteiger partial charge in [0.2, 0.25) is 0 Å². The Morgan fingerprint density at radius 3 is 2.88 bits per heavy atom. The fourth-order valence-electron chi connectivity index (χ4n) is 2.26. The maximum atomic E-state index is 9.05. The summed E-state index contributed by atoms with van der Waals surface area (Å²) in [5.41, 5.74) is 1.35. The Bertz CT molecular complexity index is 300. The van der Waals surface area contributed by atoms with Crippen molar-refractivity contribution in [3.63, 3.8) is 0 Å². The molecule has 0 amide bonds. The molecule has 1 fully saturated rings. The number of benzene rings is 1. The molecule has 0 unspecified atom stereocenters. The molecular formula is C13H20N2O. The lowest BCUT2D eigenvalue weighted by Crippen LogP contribution is -2.51. The van der Waals surface area contributed by atoms with Gasteiger partial charge in [0.1, 0.15) is 0 Å². The Morgan fingerprint density at radius 1 is 1.31 bits per heavy atom. The lowest BCUT2D eigenvalue weighted by atomic mass is 10.1. The molecule has 3 heteroatoms. The molecule has 0 bridgehead atoms. The highest BCUT2D eigenvalue weighted by Crippen LogP contribution is 2.12. The summed E-state index contributed by atoms with van der Waals surface area (Å²) in [6.45, 7) is 4.38. The molecular weight excluding hydrogens is 200 g/mol. The van der Waals surface area contributed by atoms with Crippen LogP contribution in [0.2, 0.25) is 0 Å². The van der Waals surface area contributed by atoms with Gasteiger partial charge in [-0.2, -0.15) is 0 Å². The quantitative estimate of drug-likeness (QED) is 0.789. The highest BCUT2D eigenvalue weighted by Gasteiger charge is 2.21. The number of nitrogens with one attached hydrogen (secondary N) is 1. The normalized spacial score (nSPS) is 22.2. The molecule has 2 rings (SSSR count). The van der Waals surface area contributed by atoms with Gasteiger partial charge in [-0.25, -0.2) is 0 Å². The van der Waals surface area contributed by atoms with E-state index in [1.165, 1.54) is 5.56 Å². The minimum absolute atomic E-state index is 0.275. The van der Waals surface area contributed by atoms with Gasteiger partial charge in [0, 0.05) is 38.8 Å². The van der Waals surface area contributed by atoms with Gasteiger partial charge in [-0.05, 0) is 12.0 Å². The van der Waals surface area contributed by atoms with Crippen molar-refractivity contribution in [3.8, 4) is 0 Å². The third-order valence-electron chi connectivity index (χ3n) is 3.16. The first-order chi connectivity index (χ1) is 7.90. The molecule has 1 aliphatic rings. The van der Waals surface area contributed by atoms with Gasteiger partial charge in [-0.3, -0.25) is 4.90 Å². The Balaban J connectivity index is 1.96. The first-order valence-electron chi connectivity index (χ1n) is 5.99. The minimum Gasteiger partial charge on any atom is -0.396 e. The van der Waals surface area contributed by atoms with E-state index in [2.05, 4.69) is 34.5 Å². The SMILES string of the molecule is OCC[C@H]1CNCCN1Cc1ccccc1. The van der Waals surface area contributed by atoms with Crippen LogP contribution >= 0.6 is 0 Å². The summed E-state index contributed by atoms with van der Waals surface area (Å²) in [7, 11) is 0. The molecule has 0 aromatic heterocycles. The fraction of sp³-hybridized carbons (Fsp3) is 0.538. The Kier molecular flexibility index (Phi) is 4.34. The summed E-state index contributed by atoms with van der Waals surface area (Å²) < 4.78 is 0. The summed E-state index contributed by atoms with van der Waals surface area (Å²) >= 11 is 0. The number of hydrogen-bond donors (Lipinski definition) is 2. The van der Waals surface area contributed by atoms with Crippen LogP contribution in [0.1, 0.15) is 12.0 Å². The fourth-order valence-corrected chi connectivity index (χ4v) is 2.26. The smallest absolute Gasteiger partial charge is 0.0446 e. The van der Waals surface area contributed by atoms with E-state index < -0.39 is 0 Å². The van der Waals surface area contributed by atoms with Crippen LogP contribution < -0.4 is 5.32 Å². The molecule has 3 nitrogen and oxygen atoms in total. The van der Waals surface area contributed by atoms with Gasteiger partial charge in [0.15, 0.2) is 0 Å². The van der Waals surface area contributed by atoms with Crippen molar-refractivity contribution in [2.75, 3.05) is 26.2 Å². The van der Waals surface area contributed by atoms with E-state index in [-0.39, 0.29) is 6.61 Å². The van der Waals surface area contributed by atoms with Gasteiger partial charge >= 0.3 is 0 Å². The second-order valence-electron chi connectivity index (χ2n) is 4.33. The van der Waals surface area contributed by atoms with Crippen LogP contribution in [-0.2, 0) is 6.54 Å². The molecule has 1 atom stereocenters. The average Bonchev–Trinajstić information content (AvgIpc) is 2.33. The highest BCUT2D eigenvalue weighted by molar-refractivity contribution is 5.14. The van der Waals surface area contributed by atoms with Gasteiger partial charge in [-0.1, -0.05) is 30.3 Å². The van der Waals surface area contributed by atoms with E-state index >= 15 is 0 Å². The van der Waals surface area contributed by atoms with E-state index in [4.69, 9.17) is 5.11 Å². The predicted molar refractivity (Wildman–Crippen MR) is 65.2 cm³/mol. The van der Waals surface area contributed by atoms with Crippen molar-refractivity contribution in [1.82, 2.24) is 10.2 Å². The molecule has 0 saturated carbocycles. The summed E-state index contributed by atoms with van der Waals surface area (Å²) in [6.07, 6.45) is 0.861. The maximum Gasteiger partial charge on any atom is 0.0446 e. The molecule has 1 heterocycles. The molecule has 1 aliphatic heterocycles. The van der Waals surface area contributed by atoms with E-state index in [9.17, 15) is 0 Å². The topological polar surface area (TPSA) is 35.5 Å². The van der Waals surface area contributed by atoms with Crippen molar-refractivity contribution in [3.05, 3.63) is 35.9 Å². The van der Waals surface area contributed by atoms with Crippen LogP contribution in [0.25, 0.3) is 0 Å². The van der Waals surface area contributed by atoms with Crippen molar-refractivity contribution in [2.45, 2.75) is 19.0 Å². The van der Waals surface area contributed by atoms with Crippen LogP contribution in [0.15, 0.2) is 30.3 Å². The minimum atomic E-state index is 0.275. The molecule has 0 radical (unpaired) electrons. The largest absolute Gasteiger partial charge is 0.396 e. The second kappa shape index (κ2) is 5.99. The number of aliphatic hydroxyl groups is 1. The van der Waals surface area contributed by atoms with Gasteiger partial charge in [-0.15, -0.1) is 0 Å². The van der Waals surface area contributed by atoms with Crippen molar-refractivity contribution in [1.29, 1.82) is 0 Å². The lowest BCUT2D eigenvalue weighted by Gasteiger charge is -2.36. The zero-order chi connectivity index (χ0) is 11.2. The zero-order valence-electron chi connectivity index (χ0n) is 9.60. The molecule has 0 spiro atoms. The summed E-state index contributed by atoms with van der Waals surface area (Å²) in [4.78, 5) is 2.46. The molecule has 88 valence electrons. The Hall–Kier alpha value is -0.900. The highest BCUT2D eigenvalue weighted by atomic mass is 16.3. The van der Waals surface area contributed by atoms with E-state index in [1.54, 1.807) is 0 Å². The molecule has 1 aromatic carbocycles. The number of aliphatic hydroxyl groups excluding tert-OH is 1. The van der Waals surface area contributed by atoms with E-state index in [1.807, 2.05) is 6.07 Å². The molecule has 0 aliphatic carbocycles. The molecule has 1 saturated heterocycles. The average molecular weight is 220 g/mol. The lowest BCUT2D eigenvalue weighted by molar-refractivity contribution is 0.123. The number of hydrogen-bond acceptors (Lipinski definition) is 3. The van der Waals surface area contributed by atoms with Crippen LogP contribution in [0, 0.1) is 0 Å². The number of piperazine rings is 1. The van der Waals surface area contributed by atoms with Crippen molar-refractivity contribution >= 4 is 0 Å². The van der Waals surface area contributed by atoms with E-state index in [0.29, 0.717) is 6.04 Å². The Morgan fingerprint density at radius 2 is 2.12 bits per heavy atom. The van der Waals surface area contributed by atoms with Gasteiger partial charge in [0.05, 0.1) is 0 Å². The molecule has 16 heavy (non-hydrogen) atoms. The summed E-state index contributed by atoms with van der Waals surface area (Å²) in [5, 5.41) is 12.4. The second-order valence-corrected chi connectivity index (χ2v) is 4.33. The van der Waals surface area contributed by atoms with Crippen molar-refractivity contribution in [2.24, 2.45) is 0 Å². The maximum absolute atomic E-state index is 9.05. The van der Waals surface area contributed by atoms with Gasteiger partial charge in [0.25, 0.3) is 0 Å². The third kappa shape index (κ3) is 3.04. The zero-order valence-corrected chi connectivity index (χ0v) is 9.60. The summed E-state index contributed by atoms with van der Waals surface area (Å²) in [5.74, 6) is 0. The van der Waals surface area contributed by atoms with Crippen LogP contribution in [0.5, 0.6) is 0 Å². The van der Waals surface area contributed by atoms with Crippen LogP contribution in [0.3, 0.4) is 0 Å². The molecule has 2 N–H and O–H groups in total. The number of nitrogens with zero attached hydrogens (tertiary/aromatic N) is 1. The van der Waals surface area contributed by atoms with Crippen LogP contribution in [0.4, 0.5) is 0 Å². The van der Waals surface area contributed by atoms with Gasteiger partial charge < -0.3 is 10.4 Å². The number of rotatable bonds is 4. The Labute approximate surface area is 97.1 Å². The van der Waals surface area contributed by atoms with Crippen LogP contribution in [-0.4, -0.2) is 42.3 Å².